The van der Waals surface area contributed by atoms with Crippen molar-refractivity contribution in [3.63, 3.8) is 0 Å². The second-order valence-corrected chi connectivity index (χ2v) is 7.03. The first-order valence-electron chi connectivity index (χ1n) is 7.89. The van der Waals surface area contributed by atoms with Gasteiger partial charge in [-0.1, -0.05) is 47.5 Å². The second kappa shape index (κ2) is 8.37. The third-order valence-electron chi connectivity index (χ3n) is 3.86. The SMILES string of the molecule is CC(C)(C(=O)NCCc1ccc(Cl)cc1Cl)C(=O)Nc1ccccc1. The van der Waals surface area contributed by atoms with Gasteiger partial charge in [-0.15, -0.1) is 0 Å². The lowest BCUT2D eigenvalue weighted by molar-refractivity contribution is -0.138. The minimum absolute atomic E-state index is 0.342. The Hall–Kier alpha value is -2.04. The van der Waals surface area contributed by atoms with Crippen molar-refractivity contribution in [2.24, 2.45) is 5.41 Å². The van der Waals surface area contributed by atoms with Crippen LogP contribution in [0.3, 0.4) is 0 Å². The van der Waals surface area contributed by atoms with Crippen molar-refractivity contribution < 1.29 is 9.59 Å². The highest BCUT2D eigenvalue weighted by Gasteiger charge is 2.35. The summed E-state index contributed by atoms with van der Waals surface area (Å²) >= 11 is 12.0. The fourth-order valence-corrected chi connectivity index (χ4v) is 2.67. The molecule has 0 aromatic heterocycles. The van der Waals surface area contributed by atoms with Crippen LogP contribution in [0.2, 0.25) is 10.0 Å². The van der Waals surface area contributed by atoms with Gasteiger partial charge in [-0.05, 0) is 50.1 Å². The van der Waals surface area contributed by atoms with E-state index in [1.54, 1.807) is 38.1 Å². The van der Waals surface area contributed by atoms with E-state index in [-0.39, 0.29) is 11.8 Å². The van der Waals surface area contributed by atoms with Gasteiger partial charge < -0.3 is 10.6 Å². The van der Waals surface area contributed by atoms with Crippen molar-refractivity contribution in [2.45, 2.75) is 20.3 Å². The normalized spacial score (nSPS) is 11.0. The molecule has 0 spiro atoms. The van der Waals surface area contributed by atoms with E-state index in [1.807, 2.05) is 24.3 Å². The molecule has 0 aliphatic rings. The Morgan fingerprint density at radius 1 is 1.00 bits per heavy atom. The van der Waals surface area contributed by atoms with Gasteiger partial charge in [0.05, 0.1) is 0 Å². The predicted molar refractivity (Wildman–Crippen MR) is 102 cm³/mol. The number of hydrogen-bond donors (Lipinski definition) is 2. The van der Waals surface area contributed by atoms with Crippen LogP contribution in [0, 0.1) is 5.41 Å². The molecule has 0 radical (unpaired) electrons. The third kappa shape index (κ3) is 5.21. The number of anilines is 1. The molecule has 2 amide bonds. The Labute approximate surface area is 157 Å². The zero-order valence-corrected chi connectivity index (χ0v) is 15.6. The molecule has 0 aliphatic carbocycles. The topological polar surface area (TPSA) is 58.2 Å². The Morgan fingerprint density at radius 3 is 2.32 bits per heavy atom. The van der Waals surface area contributed by atoms with Gasteiger partial charge >= 0.3 is 0 Å². The highest BCUT2D eigenvalue weighted by Crippen LogP contribution is 2.22. The molecule has 0 atom stereocenters. The van der Waals surface area contributed by atoms with Gasteiger partial charge in [0.1, 0.15) is 5.41 Å². The van der Waals surface area contributed by atoms with Gasteiger partial charge in [0, 0.05) is 22.3 Å². The van der Waals surface area contributed by atoms with E-state index in [0.29, 0.717) is 28.7 Å². The maximum absolute atomic E-state index is 12.4. The minimum Gasteiger partial charge on any atom is -0.355 e. The molecule has 0 fully saturated rings. The first-order chi connectivity index (χ1) is 11.8. The largest absolute Gasteiger partial charge is 0.355 e. The zero-order chi connectivity index (χ0) is 18.4. The van der Waals surface area contributed by atoms with Gasteiger partial charge in [-0.3, -0.25) is 9.59 Å². The summed E-state index contributed by atoms with van der Waals surface area (Å²) in [5, 5.41) is 6.66. The minimum atomic E-state index is -1.19. The molecule has 25 heavy (non-hydrogen) atoms. The molecule has 0 unspecified atom stereocenters. The third-order valence-corrected chi connectivity index (χ3v) is 4.45. The first kappa shape index (κ1) is 19.3. The zero-order valence-electron chi connectivity index (χ0n) is 14.1. The molecular weight excluding hydrogens is 359 g/mol. The predicted octanol–water partition coefficient (Wildman–Crippen LogP) is 4.32. The number of hydrogen-bond acceptors (Lipinski definition) is 2. The Kier molecular flexibility index (Phi) is 6.45. The molecule has 0 saturated heterocycles. The Morgan fingerprint density at radius 2 is 1.68 bits per heavy atom. The van der Waals surface area contributed by atoms with Crippen LogP contribution < -0.4 is 10.6 Å². The van der Waals surface area contributed by atoms with Crippen LogP contribution in [-0.2, 0) is 16.0 Å². The summed E-state index contributed by atoms with van der Waals surface area (Å²) in [5.74, 6) is -0.702. The lowest BCUT2D eigenvalue weighted by atomic mass is 9.91. The standard InChI is InChI=1S/C19H20Cl2N2O2/c1-19(2,18(25)23-15-6-4-3-5-7-15)17(24)22-11-10-13-8-9-14(20)12-16(13)21/h3-9,12H,10-11H2,1-2H3,(H,22,24)(H,23,25). The smallest absolute Gasteiger partial charge is 0.239 e. The Balaban J connectivity index is 1.90. The molecule has 0 saturated carbocycles. The summed E-state index contributed by atoms with van der Waals surface area (Å²) in [6.45, 7) is 3.56. The molecular formula is C19H20Cl2N2O2. The first-order valence-corrected chi connectivity index (χ1v) is 8.65. The van der Waals surface area contributed by atoms with Gasteiger partial charge in [0.2, 0.25) is 11.8 Å². The van der Waals surface area contributed by atoms with E-state index >= 15 is 0 Å². The molecule has 2 aromatic rings. The summed E-state index contributed by atoms with van der Waals surface area (Å²) in [6.07, 6.45) is 0.554. The summed E-state index contributed by atoms with van der Waals surface area (Å²) in [6, 6.07) is 14.3. The Bertz CT molecular complexity index is 761. The molecule has 0 aliphatic heterocycles. The van der Waals surface area contributed by atoms with Gasteiger partial charge in [-0.25, -0.2) is 0 Å². The van der Waals surface area contributed by atoms with Crippen molar-refractivity contribution in [3.05, 3.63) is 64.1 Å². The molecule has 6 heteroatoms. The van der Waals surface area contributed by atoms with E-state index in [1.165, 1.54) is 0 Å². The van der Waals surface area contributed by atoms with Crippen molar-refractivity contribution in [3.8, 4) is 0 Å². The van der Waals surface area contributed by atoms with Crippen LogP contribution >= 0.6 is 23.2 Å². The maximum Gasteiger partial charge on any atom is 0.239 e. The molecule has 2 aromatic carbocycles. The van der Waals surface area contributed by atoms with Crippen LogP contribution in [0.25, 0.3) is 0 Å². The number of rotatable bonds is 6. The number of para-hydroxylation sites is 1. The maximum atomic E-state index is 12.4. The van der Waals surface area contributed by atoms with Crippen molar-refractivity contribution in [1.82, 2.24) is 5.32 Å². The van der Waals surface area contributed by atoms with Crippen molar-refractivity contribution in [2.75, 3.05) is 11.9 Å². The van der Waals surface area contributed by atoms with Crippen LogP contribution in [0.4, 0.5) is 5.69 Å². The van der Waals surface area contributed by atoms with Crippen molar-refractivity contribution in [1.29, 1.82) is 0 Å². The van der Waals surface area contributed by atoms with Crippen LogP contribution in [-0.4, -0.2) is 18.4 Å². The van der Waals surface area contributed by atoms with Gasteiger partial charge in [0.15, 0.2) is 0 Å². The van der Waals surface area contributed by atoms with E-state index < -0.39 is 5.41 Å². The number of benzene rings is 2. The van der Waals surface area contributed by atoms with Crippen molar-refractivity contribution >= 4 is 40.7 Å². The summed E-state index contributed by atoms with van der Waals surface area (Å²) in [7, 11) is 0. The summed E-state index contributed by atoms with van der Waals surface area (Å²) < 4.78 is 0. The molecule has 2 N–H and O–H groups in total. The number of halogens is 2. The second-order valence-electron chi connectivity index (χ2n) is 6.19. The number of nitrogens with one attached hydrogen (secondary N) is 2. The van der Waals surface area contributed by atoms with Crippen LogP contribution in [0.5, 0.6) is 0 Å². The quantitative estimate of drug-likeness (QED) is 0.735. The molecule has 4 nitrogen and oxygen atoms in total. The summed E-state index contributed by atoms with van der Waals surface area (Å²) in [4.78, 5) is 24.8. The highest BCUT2D eigenvalue weighted by molar-refractivity contribution is 6.35. The van der Waals surface area contributed by atoms with Gasteiger partial charge in [-0.2, -0.15) is 0 Å². The molecule has 2 rings (SSSR count). The number of carbonyl (C=O) groups excluding carboxylic acids is 2. The fraction of sp³-hybridized carbons (Fsp3) is 0.263. The number of amides is 2. The van der Waals surface area contributed by atoms with E-state index in [9.17, 15) is 9.59 Å². The average molecular weight is 379 g/mol. The molecule has 0 bridgehead atoms. The molecule has 0 heterocycles. The lowest BCUT2D eigenvalue weighted by Crippen LogP contribution is -2.45. The number of carbonyl (C=O) groups is 2. The van der Waals surface area contributed by atoms with Gasteiger partial charge in [0.25, 0.3) is 0 Å². The van der Waals surface area contributed by atoms with E-state index in [4.69, 9.17) is 23.2 Å². The van der Waals surface area contributed by atoms with Crippen LogP contribution in [0.1, 0.15) is 19.4 Å². The lowest BCUT2D eigenvalue weighted by Gasteiger charge is -2.22. The van der Waals surface area contributed by atoms with Crippen LogP contribution in [0.15, 0.2) is 48.5 Å². The fourth-order valence-electron chi connectivity index (χ4n) is 2.17. The van der Waals surface area contributed by atoms with E-state index in [2.05, 4.69) is 10.6 Å². The summed E-state index contributed by atoms with van der Waals surface area (Å²) in [5.41, 5.74) is 0.346. The van der Waals surface area contributed by atoms with E-state index in [0.717, 1.165) is 5.56 Å². The molecule has 132 valence electrons. The monoisotopic (exact) mass is 378 g/mol. The average Bonchev–Trinajstić information content (AvgIpc) is 2.57. The highest BCUT2D eigenvalue weighted by atomic mass is 35.5.